The van der Waals surface area contributed by atoms with Gasteiger partial charge < -0.3 is 14.7 Å². The molecule has 5 rings (SSSR count). The van der Waals surface area contributed by atoms with E-state index in [4.69, 9.17) is 0 Å². The van der Waals surface area contributed by atoms with Crippen LogP contribution < -0.4 is 4.90 Å². The van der Waals surface area contributed by atoms with Crippen molar-refractivity contribution in [3.8, 4) is 0 Å². The molecule has 3 aliphatic heterocycles. The van der Waals surface area contributed by atoms with Crippen molar-refractivity contribution in [2.24, 2.45) is 0 Å². The lowest BCUT2D eigenvalue weighted by Crippen LogP contribution is -2.62. The highest BCUT2D eigenvalue weighted by Crippen LogP contribution is 2.29. The number of benzene rings is 2. The van der Waals surface area contributed by atoms with Crippen LogP contribution in [0.5, 0.6) is 0 Å². The van der Waals surface area contributed by atoms with Gasteiger partial charge in [0, 0.05) is 43.3 Å². The lowest BCUT2D eigenvalue weighted by molar-refractivity contribution is -0.156. The van der Waals surface area contributed by atoms with Crippen LogP contribution in [0.2, 0.25) is 0 Å². The number of rotatable bonds is 3. The number of carbonyl (C=O) groups excluding carboxylic acids is 2. The normalized spacial score (nSPS) is 25.8. The van der Waals surface area contributed by atoms with Crippen molar-refractivity contribution in [2.75, 3.05) is 44.3 Å². The Hall–Kier alpha value is -2.60. The predicted molar refractivity (Wildman–Crippen MR) is 114 cm³/mol. The van der Waals surface area contributed by atoms with Crippen LogP contribution in [0.1, 0.15) is 19.8 Å². The molecule has 0 radical (unpaired) electrons. The van der Waals surface area contributed by atoms with E-state index in [1.54, 1.807) is 9.80 Å². The van der Waals surface area contributed by atoms with Crippen molar-refractivity contribution in [3.63, 3.8) is 0 Å². The fraction of sp³-hybridized carbons (Fsp3) is 0.478. The smallest absolute Gasteiger partial charge is 0.246 e. The molecule has 0 bridgehead atoms. The number of amides is 2. The Morgan fingerprint density at radius 3 is 2.69 bits per heavy atom. The first-order valence-corrected chi connectivity index (χ1v) is 10.7. The van der Waals surface area contributed by atoms with Gasteiger partial charge in [-0.25, -0.2) is 0 Å². The summed E-state index contributed by atoms with van der Waals surface area (Å²) in [5.74, 6) is 0.236. The maximum Gasteiger partial charge on any atom is 0.246 e. The second-order valence-electron chi connectivity index (χ2n) is 8.53. The number of fused-ring (bicyclic) bond motifs is 2. The van der Waals surface area contributed by atoms with E-state index in [-0.39, 0.29) is 24.4 Å². The fourth-order valence-corrected chi connectivity index (χ4v) is 5.11. The van der Waals surface area contributed by atoms with E-state index in [1.807, 2.05) is 0 Å². The zero-order valence-electron chi connectivity index (χ0n) is 17.0. The van der Waals surface area contributed by atoms with Gasteiger partial charge in [-0.3, -0.25) is 14.5 Å². The van der Waals surface area contributed by atoms with Crippen LogP contribution in [0.3, 0.4) is 0 Å². The number of carbonyl (C=O) groups is 2. The minimum Gasteiger partial charge on any atom is -0.368 e. The van der Waals surface area contributed by atoms with E-state index < -0.39 is 0 Å². The van der Waals surface area contributed by atoms with Crippen molar-refractivity contribution in [2.45, 2.75) is 31.8 Å². The van der Waals surface area contributed by atoms with Gasteiger partial charge >= 0.3 is 0 Å². The van der Waals surface area contributed by atoms with Crippen LogP contribution in [-0.2, 0) is 9.59 Å². The molecule has 6 heteroatoms. The lowest BCUT2D eigenvalue weighted by Gasteiger charge is -2.45. The first-order valence-electron chi connectivity index (χ1n) is 10.7. The van der Waals surface area contributed by atoms with Gasteiger partial charge in [0.25, 0.3) is 0 Å². The molecule has 0 aliphatic carbocycles. The summed E-state index contributed by atoms with van der Waals surface area (Å²) in [5.41, 5.74) is 1.28. The molecular formula is C23H28N4O2. The van der Waals surface area contributed by atoms with Gasteiger partial charge in [-0.2, -0.15) is 0 Å². The summed E-state index contributed by atoms with van der Waals surface area (Å²) >= 11 is 0. The second kappa shape index (κ2) is 7.34. The Kier molecular flexibility index (Phi) is 4.66. The Bertz CT molecular complexity index is 940. The van der Waals surface area contributed by atoms with E-state index in [9.17, 15) is 9.59 Å². The van der Waals surface area contributed by atoms with Crippen LogP contribution in [-0.4, -0.2) is 78.0 Å². The monoisotopic (exact) mass is 392 g/mol. The average molecular weight is 393 g/mol. The summed E-state index contributed by atoms with van der Waals surface area (Å²) in [6.45, 7) is 6.46. The van der Waals surface area contributed by atoms with Crippen LogP contribution >= 0.6 is 0 Å². The molecule has 29 heavy (non-hydrogen) atoms. The number of nitrogens with zero attached hydrogens (tertiary/aromatic N) is 4. The zero-order chi connectivity index (χ0) is 20.0. The van der Waals surface area contributed by atoms with Crippen LogP contribution in [0.15, 0.2) is 42.5 Å². The Morgan fingerprint density at radius 2 is 1.83 bits per heavy atom. The van der Waals surface area contributed by atoms with Gasteiger partial charge in [0.05, 0.1) is 6.67 Å². The summed E-state index contributed by atoms with van der Waals surface area (Å²) < 4.78 is 0. The molecule has 2 unspecified atom stereocenters. The maximum absolute atomic E-state index is 12.9. The molecule has 0 spiro atoms. The van der Waals surface area contributed by atoms with Gasteiger partial charge in [0.15, 0.2) is 0 Å². The zero-order valence-corrected chi connectivity index (χ0v) is 17.0. The summed E-state index contributed by atoms with van der Waals surface area (Å²) in [4.78, 5) is 33.6. The molecule has 6 nitrogen and oxygen atoms in total. The van der Waals surface area contributed by atoms with E-state index in [0.717, 1.165) is 39.0 Å². The van der Waals surface area contributed by atoms with Crippen LogP contribution in [0, 0.1) is 0 Å². The highest BCUT2D eigenvalue weighted by Gasteiger charge is 2.42. The molecule has 2 amide bonds. The molecule has 2 aromatic rings. The maximum atomic E-state index is 12.9. The third kappa shape index (κ3) is 3.25. The molecule has 3 saturated heterocycles. The molecule has 2 atom stereocenters. The van der Waals surface area contributed by atoms with Crippen molar-refractivity contribution in [1.29, 1.82) is 0 Å². The minimum absolute atomic E-state index is 0.106. The van der Waals surface area contributed by atoms with Crippen molar-refractivity contribution >= 4 is 28.3 Å². The fourth-order valence-electron chi connectivity index (χ4n) is 5.11. The van der Waals surface area contributed by atoms with Crippen LogP contribution in [0.25, 0.3) is 10.8 Å². The summed E-state index contributed by atoms with van der Waals surface area (Å²) in [7, 11) is 0. The third-order valence-electron chi connectivity index (χ3n) is 6.72. The average Bonchev–Trinajstić information content (AvgIpc) is 3.24. The molecule has 3 fully saturated rings. The Labute approximate surface area is 171 Å². The number of anilines is 1. The quantitative estimate of drug-likeness (QED) is 0.803. The molecular weight excluding hydrogens is 364 g/mol. The Balaban J connectivity index is 1.28. The molecule has 2 aromatic carbocycles. The minimum atomic E-state index is -0.219. The molecule has 0 saturated carbocycles. The molecule has 3 aliphatic rings. The number of hydrogen-bond acceptors (Lipinski definition) is 4. The first-order chi connectivity index (χ1) is 14.1. The van der Waals surface area contributed by atoms with E-state index in [2.05, 4.69) is 59.2 Å². The third-order valence-corrected chi connectivity index (χ3v) is 6.72. The molecule has 152 valence electrons. The SMILES string of the molecule is CC1CN(c2cccc3ccccc23)CCN1CN1CC(=O)N2CCCC2C1=O. The van der Waals surface area contributed by atoms with Gasteiger partial charge in [0.2, 0.25) is 11.8 Å². The number of piperazine rings is 2. The number of hydrogen-bond donors (Lipinski definition) is 0. The van der Waals surface area contributed by atoms with Crippen LogP contribution in [0.4, 0.5) is 5.69 Å². The standard InChI is InChI=1S/C23H28N4O2/c1-17-14-24(20-9-4-7-18-6-2-3-8-19(18)20)12-13-25(17)16-26-15-22(28)27-11-5-10-21(27)23(26)29/h2-4,6-9,17,21H,5,10-16H2,1H3. The van der Waals surface area contributed by atoms with Gasteiger partial charge in [-0.05, 0) is 31.2 Å². The van der Waals surface area contributed by atoms with Crippen molar-refractivity contribution in [3.05, 3.63) is 42.5 Å². The van der Waals surface area contributed by atoms with Gasteiger partial charge in [-0.15, -0.1) is 0 Å². The summed E-state index contributed by atoms with van der Waals surface area (Å²) in [5, 5.41) is 2.55. The van der Waals surface area contributed by atoms with E-state index >= 15 is 0 Å². The second-order valence-corrected chi connectivity index (χ2v) is 8.53. The molecule has 3 heterocycles. The summed E-state index contributed by atoms with van der Waals surface area (Å²) in [6.07, 6.45) is 1.75. The van der Waals surface area contributed by atoms with E-state index in [1.165, 1.54) is 16.5 Å². The van der Waals surface area contributed by atoms with Crippen molar-refractivity contribution in [1.82, 2.24) is 14.7 Å². The summed E-state index contributed by atoms with van der Waals surface area (Å²) in [6, 6.07) is 15.1. The predicted octanol–water partition coefficient (Wildman–Crippen LogP) is 2.14. The van der Waals surface area contributed by atoms with Gasteiger partial charge in [0.1, 0.15) is 12.6 Å². The highest BCUT2D eigenvalue weighted by molar-refractivity contribution is 5.95. The van der Waals surface area contributed by atoms with Gasteiger partial charge in [-0.1, -0.05) is 36.4 Å². The van der Waals surface area contributed by atoms with E-state index in [0.29, 0.717) is 12.7 Å². The molecule has 0 N–H and O–H groups in total. The first kappa shape index (κ1) is 18.4. The largest absolute Gasteiger partial charge is 0.368 e. The topological polar surface area (TPSA) is 47.1 Å². The van der Waals surface area contributed by atoms with Crippen molar-refractivity contribution < 1.29 is 9.59 Å². The lowest BCUT2D eigenvalue weighted by atomic mass is 10.1. The molecule has 0 aromatic heterocycles. The Morgan fingerprint density at radius 1 is 1.00 bits per heavy atom. The highest BCUT2D eigenvalue weighted by atomic mass is 16.2.